The summed E-state index contributed by atoms with van der Waals surface area (Å²) in [7, 11) is 1.80. The molecular formula is C12H19N5. The zero-order chi connectivity index (χ0) is 12.8. The molecule has 17 heavy (non-hydrogen) atoms. The lowest BCUT2D eigenvalue weighted by Crippen LogP contribution is -2.33. The minimum absolute atomic E-state index is 0.307. The highest BCUT2D eigenvalue weighted by atomic mass is 15.2. The first-order valence-electron chi connectivity index (χ1n) is 5.75. The molecule has 0 spiro atoms. The van der Waals surface area contributed by atoms with E-state index in [4.69, 9.17) is 5.26 Å². The molecule has 0 saturated heterocycles. The fraction of sp³-hybridized carbons (Fsp3) is 0.583. The first kappa shape index (κ1) is 13.2. The molecule has 1 aromatic rings. The van der Waals surface area contributed by atoms with Gasteiger partial charge in [-0.1, -0.05) is 0 Å². The minimum Gasteiger partial charge on any atom is -0.357 e. The van der Waals surface area contributed by atoms with Crippen LogP contribution >= 0.6 is 0 Å². The minimum atomic E-state index is 0.307. The second-order valence-electron chi connectivity index (χ2n) is 4.15. The van der Waals surface area contributed by atoms with E-state index >= 15 is 0 Å². The first-order valence-corrected chi connectivity index (χ1v) is 5.75. The van der Waals surface area contributed by atoms with Crippen molar-refractivity contribution in [3.63, 3.8) is 0 Å². The van der Waals surface area contributed by atoms with Crippen LogP contribution in [0.15, 0.2) is 6.20 Å². The number of nitrogens with zero attached hydrogens (tertiary/aromatic N) is 4. The molecule has 0 fully saturated rings. The average Bonchev–Trinajstić information content (AvgIpc) is 2.31. The normalized spacial score (nSPS) is 10.1. The van der Waals surface area contributed by atoms with Gasteiger partial charge in [0.15, 0.2) is 0 Å². The van der Waals surface area contributed by atoms with Crippen LogP contribution in [0.4, 0.5) is 11.8 Å². The largest absolute Gasteiger partial charge is 0.357 e. The fourth-order valence-corrected chi connectivity index (χ4v) is 1.62. The SMILES string of the molecule is CNc1ncc(C)c(N(CCC#N)C(C)C)n1. The molecule has 1 N–H and O–H groups in total. The maximum absolute atomic E-state index is 8.69. The van der Waals surface area contributed by atoms with E-state index in [-0.39, 0.29) is 0 Å². The van der Waals surface area contributed by atoms with E-state index in [0.717, 1.165) is 11.4 Å². The van der Waals surface area contributed by atoms with Gasteiger partial charge in [-0.2, -0.15) is 10.2 Å². The molecule has 0 aliphatic rings. The van der Waals surface area contributed by atoms with Gasteiger partial charge in [-0.3, -0.25) is 0 Å². The fourth-order valence-electron chi connectivity index (χ4n) is 1.62. The van der Waals surface area contributed by atoms with Gasteiger partial charge in [-0.25, -0.2) is 4.98 Å². The van der Waals surface area contributed by atoms with Crippen molar-refractivity contribution in [3.8, 4) is 6.07 Å². The highest BCUT2D eigenvalue weighted by molar-refractivity contribution is 5.49. The molecule has 1 heterocycles. The number of aryl methyl sites for hydroxylation is 1. The third kappa shape index (κ3) is 3.31. The summed E-state index contributed by atoms with van der Waals surface area (Å²) in [6, 6.07) is 2.48. The van der Waals surface area contributed by atoms with Gasteiger partial charge in [-0.05, 0) is 20.8 Å². The van der Waals surface area contributed by atoms with Crippen molar-refractivity contribution in [2.24, 2.45) is 0 Å². The van der Waals surface area contributed by atoms with E-state index < -0.39 is 0 Å². The molecule has 0 aliphatic heterocycles. The van der Waals surface area contributed by atoms with Crippen LogP contribution in [-0.2, 0) is 0 Å². The van der Waals surface area contributed by atoms with Crippen molar-refractivity contribution in [2.45, 2.75) is 33.2 Å². The Morgan fingerprint density at radius 1 is 1.53 bits per heavy atom. The molecule has 92 valence electrons. The predicted molar refractivity (Wildman–Crippen MR) is 69.0 cm³/mol. The summed E-state index contributed by atoms with van der Waals surface area (Å²) in [6.07, 6.45) is 2.30. The Labute approximate surface area is 102 Å². The Morgan fingerprint density at radius 3 is 2.76 bits per heavy atom. The van der Waals surface area contributed by atoms with Gasteiger partial charge in [0.2, 0.25) is 5.95 Å². The molecule has 1 aromatic heterocycles. The molecule has 0 radical (unpaired) electrons. The van der Waals surface area contributed by atoms with Crippen LogP contribution in [0.3, 0.4) is 0 Å². The van der Waals surface area contributed by atoms with Crippen LogP contribution in [0.1, 0.15) is 25.8 Å². The number of aromatic nitrogens is 2. The average molecular weight is 233 g/mol. The number of anilines is 2. The quantitative estimate of drug-likeness (QED) is 0.842. The highest BCUT2D eigenvalue weighted by Gasteiger charge is 2.15. The van der Waals surface area contributed by atoms with Crippen LogP contribution in [-0.4, -0.2) is 29.6 Å². The van der Waals surface area contributed by atoms with E-state index in [9.17, 15) is 0 Å². The Kier molecular flexibility index (Phi) is 4.70. The summed E-state index contributed by atoms with van der Waals surface area (Å²) >= 11 is 0. The third-order valence-electron chi connectivity index (χ3n) is 2.53. The summed E-state index contributed by atoms with van der Waals surface area (Å²) < 4.78 is 0. The van der Waals surface area contributed by atoms with Gasteiger partial charge < -0.3 is 10.2 Å². The van der Waals surface area contributed by atoms with Crippen LogP contribution in [0, 0.1) is 18.3 Å². The molecule has 0 bridgehead atoms. The number of nitrogens with one attached hydrogen (secondary N) is 1. The van der Waals surface area contributed by atoms with E-state index in [1.54, 1.807) is 13.2 Å². The van der Waals surface area contributed by atoms with Crippen LogP contribution in [0.2, 0.25) is 0 Å². The Balaban J connectivity index is 3.04. The topological polar surface area (TPSA) is 64.8 Å². The first-order chi connectivity index (χ1) is 8.10. The van der Waals surface area contributed by atoms with Gasteiger partial charge >= 0.3 is 0 Å². The highest BCUT2D eigenvalue weighted by Crippen LogP contribution is 2.20. The Bertz CT molecular complexity index is 408. The lowest BCUT2D eigenvalue weighted by molar-refractivity contribution is 0.673. The molecular weight excluding hydrogens is 214 g/mol. The molecule has 5 nitrogen and oxygen atoms in total. The second-order valence-corrected chi connectivity index (χ2v) is 4.15. The third-order valence-corrected chi connectivity index (χ3v) is 2.53. The van der Waals surface area contributed by atoms with Crippen molar-refractivity contribution < 1.29 is 0 Å². The van der Waals surface area contributed by atoms with Crippen molar-refractivity contribution in [2.75, 3.05) is 23.8 Å². The smallest absolute Gasteiger partial charge is 0.224 e. The second kappa shape index (κ2) is 6.04. The standard InChI is InChI=1S/C12H19N5/c1-9(2)17(7-5-6-13)11-10(3)8-15-12(14-4)16-11/h8-9H,5,7H2,1-4H3,(H,14,15,16). The maximum atomic E-state index is 8.69. The number of rotatable bonds is 5. The van der Waals surface area contributed by atoms with Crippen LogP contribution in [0.5, 0.6) is 0 Å². The zero-order valence-corrected chi connectivity index (χ0v) is 10.9. The molecule has 0 aliphatic carbocycles. The van der Waals surface area contributed by atoms with Crippen LogP contribution in [0.25, 0.3) is 0 Å². The molecule has 0 aromatic carbocycles. The molecule has 5 heteroatoms. The number of hydrogen-bond donors (Lipinski definition) is 1. The summed E-state index contributed by atoms with van der Waals surface area (Å²) in [5, 5.41) is 11.6. The molecule has 0 unspecified atom stereocenters. The summed E-state index contributed by atoms with van der Waals surface area (Å²) in [5.74, 6) is 1.50. The molecule has 0 atom stereocenters. The Morgan fingerprint density at radius 2 is 2.24 bits per heavy atom. The van der Waals surface area contributed by atoms with Gasteiger partial charge in [0, 0.05) is 31.4 Å². The Hall–Kier alpha value is -1.83. The van der Waals surface area contributed by atoms with Gasteiger partial charge in [0.1, 0.15) is 5.82 Å². The van der Waals surface area contributed by atoms with Gasteiger partial charge in [-0.15, -0.1) is 0 Å². The van der Waals surface area contributed by atoms with Crippen molar-refractivity contribution in [1.29, 1.82) is 5.26 Å². The summed E-state index contributed by atoms with van der Waals surface area (Å²) in [6.45, 7) is 6.86. The summed E-state index contributed by atoms with van der Waals surface area (Å²) in [5.41, 5.74) is 1.02. The van der Waals surface area contributed by atoms with Crippen LogP contribution < -0.4 is 10.2 Å². The van der Waals surface area contributed by atoms with E-state index in [0.29, 0.717) is 25.0 Å². The molecule has 0 saturated carbocycles. The van der Waals surface area contributed by atoms with Gasteiger partial charge in [0.25, 0.3) is 0 Å². The van der Waals surface area contributed by atoms with E-state index in [1.807, 2.05) is 6.92 Å². The lowest BCUT2D eigenvalue weighted by atomic mass is 10.2. The molecule has 1 rings (SSSR count). The van der Waals surface area contributed by atoms with E-state index in [2.05, 4.69) is 40.1 Å². The van der Waals surface area contributed by atoms with Gasteiger partial charge in [0.05, 0.1) is 12.5 Å². The number of nitriles is 1. The van der Waals surface area contributed by atoms with Crippen molar-refractivity contribution in [1.82, 2.24) is 9.97 Å². The van der Waals surface area contributed by atoms with Crippen molar-refractivity contribution in [3.05, 3.63) is 11.8 Å². The number of hydrogen-bond acceptors (Lipinski definition) is 5. The molecule has 0 amide bonds. The van der Waals surface area contributed by atoms with Crippen molar-refractivity contribution >= 4 is 11.8 Å². The van der Waals surface area contributed by atoms with E-state index in [1.165, 1.54) is 0 Å². The zero-order valence-electron chi connectivity index (χ0n) is 10.9. The maximum Gasteiger partial charge on any atom is 0.224 e. The lowest BCUT2D eigenvalue weighted by Gasteiger charge is -2.28. The summed E-state index contributed by atoms with van der Waals surface area (Å²) in [4.78, 5) is 10.8. The monoisotopic (exact) mass is 233 g/mol. The predicted octanol–water partition coefficient (Wildman–Crippen LogP) is 1.96.